The van der Waals surface area contributed by atoms with E-state index in [0.717, 1.165) is 41.9 Å². The maximum Gasteiger partial charge on any atom is 0.335 e. The number of tetrazole rings is 1. The highest BCUT2D eigenvalue weighted by Gasteiger charge is 2.45. The summed E-state index contributed by atoms with van der Waals surface area (Å²) >= 11 is 0. The van der Waals surface area contributed by atoms with E-state index in [0.29, 0.717) is 37.6 Å². The first kappa shape index (κ1) is 30.2. The Morgan fingerprint density at radius 3 is 2.41 bits per heavy atom. The highest BCUT2D eigenvalue weighted by molar-refractivity contribution is 7.91. The van der Waals surface area contributed by atoms with Crippen LogP contribution >= 0.6 is 0 Å². The standard InChI is InChI=1S/C33H40N6O4S/c1-23-19-26(30-34-36-39(35-30)14-13-37-15-17-44(42,43)18-16-37)21-27(20-23)38-12-10-29-32(2,3)28(9-11-33(29,4)22-38)24-5-7-25(8-6-24)31(40)41/h5-10,19-21H,11-18,22H2,1-4H3,(H,40,41)/t33-/m1/s1. The largest absolute Gasteiger partial charge is 0.478 e. The molecule has 3 aromatic rings. The minimum atomic E-state index is -2.90. The smallest absolute Gasteiger partial charge is 0.335 e. The van der Waals surface area contributed by atoms with Gasteiger partial charge in [-0.2, -0.15) is 4.80 Å². The quantitative estimate of drug-likeness (QED) is 0.386. The first-order valence-corrected chi connectivity index (χ1v) is 17.0. The van der Waals surface area contributed by atoms with Crippen LogP contribution in [-0.4, -0.2) is 88.8 Å². The van der Waals surface area contributed by atoms with Crippen molar-refractivity contribution in [3.05, 3.63) is 76.9 Å². The molecule has 0 amide bonds. The summed E-state index contributed by atoms with van der Waals surface area (Å²) in [7, 11) is -2.90. The fourth-order valence-electron chi connectivity index (χ4n) is 7.13. The number of allylic oxidation sites excluding steroid dienone is 2. The summed E-state index contributed by atoms with van der Waals surface area (Å²) in [5.74, 6) is 0.0814. The molecule has 1 N–H and O–H groups in total. The number of aromatic carboxylic acids is 1. The molecule has 1 atom stereocenters. The van der Waals surface area contributed by atoms with Crippen molar-refractivity contribution in [3.63, 3.8) is 0 Å². The highest BCUT2D eigenvalue weighted by atomic mass is 32.2. The lowest BCUT2D eigenvalue weighted by Gasteiger charge is -2.51. The van der Waals surface area contributed by atoms with E-state index >= 15 is 0 Å². The van der Waals surface area contributed by atoms with Crippen LogP contribution in [0.3, 0.4) is 0 Å². The van der Waals surface area contributed by atoms with Gasteiger partial charge < -0.3 is 10.0 Å². The predicted molar refractivity (Wildman–Crippen MR) is 171 cm³/mol. The molecule has 0 spiro atoms. The lowest BCUT2D eigenvalue weighted by molar-refractivity contribution is 0.0697. The summed E-state index contributed by atoms with van der Waals surface area (Å²) < 4.78 is 23.4. The van der Waals surface area contributed by atoms with Crippen LogP contribution in [0.2, 0.25) is 0 Å². The maximum absolute atomic E-state index is 11.7. The molecule has 2 aliphatic heterocycles. The van der Waals surface area contributed by atoms with Gasteiger partial charge in [0.25, 0.3) is 0 Å². The zero-order valence-electron chi connectivity index (χ0n) is 25.8. The molecule has 1 aromatic heterocycles. The third-order valence-electron chi connectivity index (χ3n) is 9.44. The van der Waals surface area contributed by atoms with Crippen molar-refractivity contribution >= 4 is 27.1 Å². The highest BCUT2D eigenvalue weighted by Crippen LogP contribution is 2.55. The molecule has 11 heteroatoms. The summed E-state index contributed by atoms with van der Waals surface area (Å²) in [4.78, 5) is 17.5. The van der Waals surface area contributed by atoms with E-state index in [2.05, 4.69) is 83.3 Å². The molecule has 1 fully saturated rings. The van der Waals surface area contributed by atoms with Crippen LogP contribution < -0.4 is 4.90 Å². The van der Waals surface area contributed by atoms with Crippen molar-refractivity contribution in [2.75, 3.05) is 49.1 Å². The fraction of sp³-hybridized carbons (Fsp3) is 0.455. The number of sulfone groups is 1. The molecule has 6 rings (SSSR count). The van der Waals surface area contributed by atoms with Gasteiger partial charge >= 0.3 is 5.97 Å². The molecule has 1 saturated heterocycles. The Bertz CT molecular complexity index is 1740. The average molecular weight is 617 g/mol. The van der Waals surface area contributed by atoms with Crippen molar-refractivity contribution in [2.24, 2.45) is 10.8 Å². The monoisotopic (exact) mass is 616 g/mol. The molecule has 0 unspecified atom stereocenters. The second-order valence-corrected chi connectivity index (χ2v) is 15.5. The van der Waals surface area contributed by atoms with Gasteiger partial charge in [-0.25, -0.2) is 13.2 Å². The Kier molecular flexibility index (Phi) is 7.73. The van der Waals surface area contributed by atoms with Crippen LogP contribution in [-0.2, 0) is 16.4 Å². The molecule has 232 valence electrons. The first-order valence-electron chi connectivity index (χ1n) is 15.2. The van der Waals surface area contributed by atoms with Gasteiger partial charge in [0.05, 0.1) is 23.6 Å². The summed E-state index contributed by atoms with van der Waals surface area (Å²) in [5.41, 5.74) is 6.96. The van der Waals surface area contributed by atoms with Crippen LogP contribution in [0.25, 0.3) is 17.0 Å². The van der Waals surface area contributed by atoms with E-state index < -0.39 is 15.8 Å². The number of aromatic nitrogens is 4. The third-order valence-corrected chi connectivity index (χ3v) is 11.1. The van der Waals surface area contributed by atoms with E-state index in [1.807, 2.05) is 12.1 Å². The number of aryl methyl sites for hydroxylation is 1. The minimum Gasteiger partial charge on any atom is -0.478 e. The van der Waals surface area contributed by atoms with Crippen LogP contribution in [0, 0.1) is 17.8 Å². The van der Waals surface area contributed by atoms with E-state index in [1.165, 1.54) is 11.1 Å². The number of hydrogen-bond acceptors (Lipinski definition) is 8. The molecular weight excluding hydrogens is 576 g/mol. The Morgan fingerprint density at radius 1 is 0.977 bits per heavy atom. The van der Waals surface area contributed by atoms with Gasteiger partial charge in [0.15, 0.2) is 9.84 Å². The number of fused-ring (bicyclic) bond motifs is 1. The summed E-state index contributed by atoms with van der Waals surface area (Å²) in [6.45, 7) is 13.0. The van der Waals surface area contributed by atoms with Gasteiger partial charge in [0, 0.05) is 54.8 Å². The average Bonchev–Trinajstić information content (AvgIpc) is 3.45. The number of nitrogens with zero attached hydrogens (tertiary/aromatic N) is 6. The maximum atomic E-state index is 11.7. The van der Waals surface area contributed by atoms with E-state index in [9.17, 15) is 18.3 Å². The number of anilines is 1. The SMILES string of the molecule is Cc1cc(-c2nnn(CCN3CCS(=O)(=O)CC3)n2)cc(N2CC=C3C(C)(C)C(c4ccc(C(=O)O)cc4)=CC[C@]3(C)C2)c1. The lowest BCUT2D eigenvalue weighted by Crippen LogP contribution is -2.47. The molecule has 1 aliphatic carbocycles. The Hall–Kier alpha value is -3.83. The van der Waals surface area contributed by atoms with E-state index in [1.54, 1.807) is 16.9 Å². The van der Waals surface area contributed by atoms with Gasteiger partial charge in [0.1, 0.15) is 0 Å². The zero-order valence-corrected chi connectivity index (χ0v) is 26.6. The Morgan fingerprint density at radius 2 is 1.70 bits per heavy atom. The molecule has 0 saturated carbocycles. The summed E-state index contributed by atoms with van der Waals surface area (Å²) in [6, 6.07) is 13.7. The van der Waals surface area contributed by atoms with Crippen LogP contribution in [0.1, 0.15) is 48.7 Å². The van der Waals surface area contributed by atoms with E-state index in [-0.39, 0.29) is 22.3 Å². The van der Waals surface area contributed by atoms with Gasteiger partial charge in [-0.05, 0) is 65.6 Å². The molecule has 3 aliphatic rings. The van der Waals surface area contributed by atoms with Crippen LogP contribution in [0.4, 0.5) is 5.69 Å². The third kappa shape index (κ3) is 5.95. The summed E-state index contributed by atoms with van der Waals surface area (Å²) in [6.07, 6.45) is 5.61. The summed E-state index contributed by atoms with van der Waals surface area (Å²) in [5, 5.41) is 22.6. The number of carboxylic acid groups (broad SMARTS) is 1. The first-order chi connectivity index (χ1) is 20.8. The second kappa shape index (κ2) is 11.3. The second-order valence-electron chi connectivity index (χ2n) is 13.1. The number of rotatable bonds is 7. The molecular formula is C33H40N6O4S. The Balaban J connectivity index is 1.18. The normalized spacial score (nSPS) is 23.0. The van der Waals surface area contributed by atoms with Crippen LogP contribution in [0.5, 0.6) is 0 Å². The number of hydrogen-bond donors (Lipinski definition) is 1. The van der Waals surface area contributed by atoms with Gasteiger partial charge in [-0.3, -0.25) is 4.90 Å². The van der Waals surface area contributed by atoms with Crippen molar-refractivity contribution in [1.29, 1.82) is 0 Å². The Labute approximate surface area is 259 Å². The fourth-order valence-corrected chi connectivity index (χ4v) is 8.41. The number of carbonyl (C=O) groups is 1. The predicted octanol–water partition coefficient (Wildman–Crippen LogP) is 4.34. The van der Waals surface area contributed by atoms with Crippen molar-refractivity contribution in [3.8, 4) is 11.4 Å². The van der Waals surface area contributed by atoms with Crippen molar-refractivity contribution in [1.82, 2.24) is 25.1 Å². The molecule has 3 heterocycles. The molecule has 0 radical (unpaired) electrons. The molecule has 44 heavy (non-hydrogen) atoms. The zero-order chi connectivity index (χ0) is 31.3. The minimum absolute atomic E-state index is 0.0503. The van der Waals surface area contributed by atoms with Crippen LogP contribution in [0.15, 0.2) is 60.2 Å². The number of carboxylic acids is 1. The van der Waals surface area contributed by atoms with E-state index in [4.69, 9.17) is 0 Å². The van der Waals surface area contributed by atoms with Gasteiger partial charge in [0.2, 0.25) is 5.82 Å². The van der Waals surface area contributed by atoms with Gasteiger partial charge in [-0.1, -0.05) is 50.6 Å². The molecule has 2 aromatic carbocycles. The number of benzene rings is 2. The molecule has 10 nitrogen and oxygen atoms in total. The molecule has 0 bridgehead atoms. The van der Waals surface area contributed by atoms with Crippen molar-refractivity contribution in [2.45, 2.75) is 40.7 Å². The van der Waals surface area contributed by atoms with Gasteiger partial charge in [-0.15, -0.1) is 10.2 Å². The topological polar surface area (TPSA) is 122 Å². The van der Waals surface area contributed by atoms with Crippen molar-refractivity contribution < 1.29 is 18.3 Å². The lowest BCUT2D eigenvalue weighted by atomic mass is 9.58.